The number of ether oxygens (including phenoxy) is 2. The molecule has 2 bridgehead atoms. The Morgan fingerprint density at radius 1 is 1.19 bits per heavy atom. The molecule has 0 radical (unpaired) electrons. The Kier molecular flexibility index (Phi) is 3.99. The SMILES string of the molecule is Nc1ncc(-c2cc(C34C5CC(N6CCOCC6)C3C54)nn2C2CCC2)cc1OC(F)F. The lowest BCUT2D eigenvalue weighted by Gasteiger charge is -2.32. The molecule has 3 heterocycles. The van der Waals surface area contributed by atoms with Gasteiger partial charge in [-0.25, -0.2) is 4.98 Å². The lowest BCUT2D eigenvalue weighted by atomic mass is 9.93. The highest BCUT2D eigenvalue weighted by atomic mass is 19.3. The third kappa shape index (κ3) is 2.52. The van der Waals surface area contributed by atoms with Gasteiger partial charge in [-0.05, 0) is 55.6 Å². The largest absolute Gasteiger partial charge is 0.431 e. The number of anilines is 1. The van der Waals surface area contributed by atoms with Crippen LogP contribution in [0.4, 0.5) is 14.6 Å². The number of nitrogen functional groups attached to an aromatic ring is 1. The fourth-order valence-corrected chi connectivity index (χ4v) is 6.99. The molecule has 2 aromatic rings. The average molecular weight is 443 g/mol. The van der Waals surface area contributed by atoms with Gasteiger partial charge in [0.1, 0.15) is 0 Å². The minimum absolute atomic E-state index is 0.0292. The molecule has 1 saturated heterocycles. The van der Waals surface area contributed by atoms with Crippen molar-refractivity contribution in [2.75, 3.05) is 32.0 Å². The second-order valence-corrected chi connectivity index (χ2v) is 9.97. The highest BCUT2D eigenvalue weighted by molar-refractivity contribution is 5.67. The fourth-order valence-electron chi connectivity index (χ4n) is 6.99. The minimum Gasteiger partial charge on any atom is -0.431 e. The van der Waals surface area contributed by atoms with Crippen LogP contribution in [0.2, 0.25) is 0 Å². The summed E-state index contributed by atoms with van der Waals surface area (Å²) in [5.74, 6) is 2.08. The number of nitrogens with zero attached hydrogens (tertiary/aromatic N) is 4. The molecule has 2 N–H and O–H groups in total. The molecule has 2 aromatic heterocycles. The highest BCUT2D eigenvalue weighted by Gasteiger charge is 2.93. The monoisotopic (exact) mass is 443 g/mol. The predicted molar refractivity (Wildman–Crippen MR) is 112 cm³/mol. The van der Waals surface area contributed by atoms with E-state index in [0.29, 0.717) is 18.0 Å². The second kappa shape index (κ2) is 6.63. The first kappa shape index (κ1) is 19.2. The summed E-state index contributed by atoms with van der Waals surface area (Å²) >= 11 is 0. The molecule has 32 heavy (non-hydrogen) atoms. The van der Waals surface area contributed by atoms with Crippen LogP contribution in [-0.2, 0) is 10.2 Å². The molecule has 5 unspecified atom stereocenters. The number of fused-ring (bicyclic) bond motifs is 1. The van der Waals surface area contributed by atoms with E-state index in [1.54, 1.807) is 12.3 Å². The lowest BCUT2D eigenvalue weighted by molar-refractivity contribution is -0.0494. The maximum Gasteiger partial charge on any atom is 0.387 e. The molecule has 5 saturated carbocycles. The number of hydrogen-bond acceptors (Lipinski definition) is 6. The number of alkyl halides is 2. The number of hydrogen-bond donors (Lipinski definition) is 1. The zero-order valence-electron chi connectivity index (χ0n) is 17.8. The van der Waals surface area contributed by atoms with Crippen LogP contribution in [0.1, 0.15) is 37.4 Å². The van der Waals surface area contributed by atoms with Crippen LogP contribution in [0.15, 0.2) is 18.3 Å². The predicted octanol–water partition coefficient (Wildman–Crippen LogP) is 3.07. The summed E-state index contributed by atoms with van der Waals surface area (Å²) in [6.45, 7) is 0.787. The molecule has 0 spiro atoms. The fraction of sp³-hybridized carbons (Fsp3) is 0.652. The van der Waals surface area contributed by atoms with Crippen molar-refractivity contribution in [2.45, 2.75) is 49.8 Å². The quantitative estimate of drug-likeness (QED) is 0.739. The first-order valence-electron chi connectivity index (χ1n) is 11.7. The zero-order valence-corrected chi connectivity index (χ0v) is 17.8. The van der Waals surface area contributed by atoms with Gasteiger partial charge in [0.15, 0.2) is 11.6 Å². The van der Waals surface area contributed by atoms with Gasteiger partial charge in [-0.1, -0.05) is 0 Å². The molecule has 5 aliphatic carbocycles. The minimum atomic E-state index is -2.94. The molecule has 8 rings (SSSR count). The van der Waals surface area contributed by atoms with Crippen molar-refractivity contribution in [3.8, 4) is 17.0 Å². The number of aromatic nitrogens is 3. The van der Waals surface area contributed by atoms with Crippen LogP contribution in [0.5, 0.6) is 5.75 Å². The Morgan fingerprint density at radius 2 is 2.00 bits per heavy atom. The van der Waals surface area contributed by atoms with Gasteiger partial charge in [0.25, 0.3) is 0 Å². The van der Waals surface area contributed by atoms with E-state index in [-0.39, 0.29) is 17.0 Å². The Bertz CT molecular complexity index is 1060. The molecule has 1 aliphatic heterocycles. The van der Waals surface area contributed by atoms with E-state index in [2.05, 4.69) is 25.4 Å². The maximum absolute atomic E-state index is 12.8. The molecular formula is C23H27F2N5O2. The molecule has 0 aromatic carbocycles. The number of nitrogens with two attached hydrogens (primary N) is 1. The first-order chi connectivity index (χ1) is 15.6. The molecule has 170 valence electrons. The van der Waals surface area contributed by atoms with Crippen LogP contribution in [0, 0.1) is 17.8 Å². The van der Waals surface area contributed by atoms with E-state index in [4.69, 9.17) is 15.6 Å². The molecule has 6 aliphatic rings. The zero-order chi connectivity index (χ0) is 21.6. The first-order valence-corrected chi connectivity index (χ1v) is 11.7. The lowest BCUT2D eigenvalue weighted by Crippen LogP contribution is -2.43. The Hall–Kier alpha value is -2.26. The van der Waals surface area contributed by atoms with Crippen molar-refractivity contribution in [1.29, 1.82) is 0 Å². The van der Waals surface area contributed by atoms with Crippen LogP contribution < -0.4 is 10.5 Å². The molecule has 0 amide bonds. The van der Waals surface area contributed by atoms with E-state index in [0.717, 1.165) is 62.2 Å². The molecule has 7 nitrogen and oxygen atoms in total. The summed E-state index contributed by atoms with van der Waals surface area (Å²) in [5.41, 5.74) is 8.85. The smallest absolute Gasteiger partial charge is 0.387 e. The van der Waals surface area contributed by atoms with Gasteiger partial charge in [-0.2, -0.15) is 13.9 Å². The van der Waals surface area contributed by atoms with E-state index >= 15 is 0 Å². The summed E-state index contributed by atoms with van der Waals surface area (Å²) in [7, 11) is 0. The number of rotatable bonds is 6. The van der Waals surface area contributed by atoms with Crippen molar-refractivity contribution in [1.82, 2.24) is 19.7 Å². The van der Waals surface area contributed by atoms with Gasteiger partial charge in [-0.3, -0.25) is 9.58 Å². The Morgan fingerprint density at radius 3 is 2.69 bits per heavy atom. The van der Waals surface area contributed by atoms with E-state index in [1.165, 1.54) is 18.5 Å². The van der Waals surface area contributed by atoms with Crippen LogP contribution in [0.3, 0.4) is 0 Å². The standard InChI is InChI=1S/C23H27F2N5O2/c24-22(25)32-17-8-12(11-27-21(17)26)15-10-18(28-30(15)13-2-1-3-13)23-14-9-16(20(23)19(14)23)29-4-6-31-7-5-29/h8,10-11,13-14,16,19-20,22H,1-7,9H2,(H2,26,27). The van der Waals surface area contributed by atoms with E-state index in [1.807, 2.05) is 0 Å². The van der Waals surface area contributed by atoms with Crippen molar-refractivity contribution >= 4 is 5.82 Å². The third-order valence-electron chi connectivity index (χ3n) is 8.74. The normalized spacial score (nSPS) is 35.6. The summed E-state index contributed by atoms with van der Waals surface area (Å²) in [4.78, 5) is 6.75. The van der Waals surface area contributed by atoms with Gasteiger partial charge in [0.2, 0.25) is 0 Å². The van der Waals surface area contributed by atoms with Gasteiger partial charge < -0.3 is 15.2 Å². The van der Waals surface area contributed by atoms with Crippen molar-refractivity contribution in [3.63, 3.8) is 0 Å². The topological polar surface area (TPSA) is 78.4 Å². The van der Waals surface area contributed by atoms with Crippen molar-refractivity contribution in [2.24, 2.45) is 17.8 Å². The molecule has 5 atom stereocenters. The second-order valence-electron chi connectivity index (χ2n) is 9.97. The number of pyridine rings is 1. The van der Waals surface area contributed by atoms with E-state index in [9.17, 15) is 8.78 Å². The summed E-state index contributed by atoms with van der Waals surface area (Å²) in [6, 6.07) is 4.77. The van der Waals surface area contributed by atoms with Crippen molar-refractivity contribution < 1.29 is 18.3 Å². The van der Waals surface area contributed by atoms with Gasteiger partial charge in [0, 0.05) is 36.3 Å². The van der Waals surface area contributed by atoms with Crippen LogP contribution in [-0.4, -0.2) is 58.6 Å². The maximum atomic E-state index is 12.8. The summed E-state index contributed by atoms with van der Waals surface area (Å²) < 4.78 is 37.9. The Balaban J connectivity index is 1.22. The number of morpholine rings is 1. The third-order valence-corrected chi connectivity index (χ3v) is 8.74. The highest BCUT2D eigenvalue weighted by Crippen LogP contribution is 2.91. The molecular weight excluding hydrogens is 416 g/mol. The van der Waals surface area contributed by atoms with Gasteiger partial charge >= 0.3 is 6.61 Å². The Labute approximate surface area is 184 Å². The van der Waals surface area contributed by atoms with Crippen LogP contribution >= 0.6 is 0 Å². The van der Waals surface area contributed by atoms with E-state index < -0.39 is 6.61 Å². The van der Waals surface area contributed by atoms with Gasteiger partial charge in [-0.15, -0.1) is 0 Å². The molecule has 6 fully saturated rings. The summed E-state index contributed by atoms with van der Waals surface area (Å²) in [6.07, 6.45) is 6.28. The average Bonchev–Trinajstić information content (AvgIpc) is 3.32. The van der Waals surface area contributed by atoms with Crippen LogP contribution in [0.25, 0.3) is 11.3 Å². The van der Waals surface area contributed by atoms with Crippen molar-refractivity contribution in [3.05, 3.63) is 24.0 Å². The summed E-state index contributed by atoms with van der Waals surface area (Å²) in [5, 5.41) is 5.14. The van der Waals surface area contributed by atoms with Gasteiger partial charge in [0.05, 0.1) is 30.6 Å². The molecule has 9 heteroatoms. The number of halogens is 2.